The topological polar surface area (TPSA) is 59.1 Å². The fourth-order valence-corrected chi connectivity index (χ4v) is 1.10. The zero-order chi connectivity index (χ0) is 8.43. The van der Waals surface area contributed by atoms with Crippen molar-refractivity contribution in [2.24, 2.45) is 0 Å². The smallest absolute Gasteiger partial charge is 0.0946 e. The van der Waals surface area contributed by atoms with Crippen molar-refractivity contribution in [2.75, 3.05) is 5.73 Å². The molecule has 4 heteroatoms. The molecule has 0 unspecified atom stereocenters. The number of anilines is 1. The minimum absolute atomic E-state index is 0.403. The Hall–Kier alpha value is -0.800. The average Bonchev–Trinajstić information content (AvgIpc) is 1.85. The third kappa shape index (κ3) is 1.82. The molecule has 1 aromatic rings. The predicted molar refractivity (Wildman–Crippen MR) is 44.3 cm³/mol. The minimum Gasteiger partial charge on any atom is -0.397 e. The zero-order valence-electron chi connectivity index (χ0n) is 6.08. The number of rotatable bonds is 1. The Labute approximate surface area is 69.8 Å². The highest BCUT2D eigenvalue weighted by Crippen LogP contribution is 2.21. The maximum atomic E-state index is 9.11. The van der Waals surface area contributed by atoms with Crippen LogP contribution in [0.2, 0.25) is 5.02 Å². The van der Waals surface area contributed by atoms with Crippen LogP contribution in [0.5, 0.6) is 0 Å². The van der Waals surface area contributed by atoms with E-state index in [4.69, 9.17) is 22.4 Å². The SMILES string of the molecule is C[C@H](O)c1ncc(N)cc1Cl. The van der Waals surface area contributed by atoms with Crippen molar-refractivity contribution < 1.29 is 5.11 Å². The predicted octanol–water partition coefficient (Wildman–Crippen LogP) is 1.37. The first-order valence-electron chi connectivity index (χ1n) is 3.20. The number of nitrogen functional groups attached to an aromatic ring is 1. The Kier molecular flexibility index (Phi) is 2.31. The van der Waals surface area contributed by atoms with E-state index in [1.807, 2.05) is 0 Å². The first kappa shape index (κ1) is 8.30. The van der Waals surface area contributed by atoms with E-state index in [1.54, 1.807) is 13.0 Å². The summed E-state index contributed by atoms with van der Waals surface area (Å²) in [5, 5.41) is 9.51. The molecule has 1 rings (SSSR count). The summed E-state index contributed by atoms with van der Waals surface area (Å²) in [6.07, 6.45) is 0.816. The molecular weight excluding hydrogens is 164 g/mol. The van der Waals surface area contributed by atoms with E-state index in [0.29, 0.717) is 16.4 Å². The van der Waals surface area contributed by atoms with Crippen molar-refractivity contribution in [1.82, 2.24) is 4.98 Å². The fraction of sp³-hybridized carbons (Fsp3) is 0.286. The molecule has 0 aliphatic carbocycles. The molecule has 0 fully saturated rings. The van der Waals surface area contributed by atoms with Crippen LogP contribution in [0.3, 0.4) is 0 Å². The summed E-state index contributed by atoms with van der Waals surface area (Å²) < 4.78 is 0. The third-order valence-corrected chi connectivity index (χ3v) is 1.59. The van der Waals surface area contributed by atoms with Gasteiger partial charge in [-0.15, -0.1) is 0 Å². The first-order chi connectivity index (χ1) is 5.11. The van der Waals surface area contributed by atoms with E-state index in [9.17, 15) is 0 Å². The van der Waals surface area contributed by atoms with Gasteiger partial charge in [0, 0.05) is 0 Å². The molecule has 0 aliphatic heterocycles. The molecule has 0 aliphatic rings. The molecule has 1 aromatic heterocycles. The fourth-order valence-electron chi connectivity index (χ4n) is 0.771. The molecule has 60 valence electrons. The second-order valence-corrected chi connectivity index (χ2v) is 2.72. The summed E-state index contributed by atoms with van der Waals surface area (Å²) in [6, 6.07) is 1.57. The number of halogens is 1. The molecule has 3 N–H and O–H groups in total. The van der Waals surface area contributed by atoms with Gasteiger partial charge in [0.05, 0.1) is 28.7 Å². The van der Waals surface area contributed by atoms with E-state index in [1.165, 1.54) is 6.20 Å². The second kappa shape index (κ2) is 3.07. The molecule has 0 saturated carbocycles. The van der Waals surface area contributed by atoms with Crippen LogP contribution in [-0.4, -0.2) is 10.1 Å². The average molecular weight is 173 g/mol. The Morgan fingerprint density at radius 1 is 1.73 bits per heavy atom. The molecule has 0 spiro atoms. The Morgan fingerprint density at radius 2 is 2.36 bits per heavy atom. The van der Waals surface area contributed by atoms with Crippen molar-refractivity contribution >= 4 is 17.3 Å². The molecule has 0 saturated heterocycles. The normalized spacial score (nSPS) is 13.0. The van der Waals surface area contributed by atoms with Gasteiger partial charge < -0.3 is 10.8 Å². The standard InChI is InChI=1S/C7H9ClN2O/c1-4(11)7-6(8)2-5(9)3-10-7/h2-4,11H,9H2,1H3/t4-/m0/s1. The number of nitrogens with zero attached hydrogens (tertiary/aromatic N) is 1. The van der Waals surface area contributed by atoms with Crippen molar-refractivity contribution in [1.29, 1.82) is 0 Å². The maximum Gasteiger partial charge on any atom is 0.0946 e. The Bertz CT molecular complexity index is 263. The summed E-state index contributed by atoms with van der Waals surface area (Å²) >= 11 is 5.72. The largest absolute Gasteiger partial charge is 0.397 e. The lowest BCUT2D eigenvalue weighted by Gasteiger charge is -2.05. The van der Waals surface area contributed by atoms with Crippen LogP contribution in [0.4, 0.5) is 5.69 Å². The van der Waals surface area contributed by atoms with Gasteiger partial charge in [-0.3, -0.25) is 4.98 Å². The van der Waals surface area contributed by atoms with Gasteiger partial charge in [-0.05, 0) is 13.0 Å². The summed E-state index contributed by atoms with van der Waals surface area (Å²) in [6.45, 7) is 1.60. The van der Waals surface area contributed by atoms with Crippen LogP contribution in [0, 0.1) is 0 Å². The minimum atomic E-state index is -0.650. The highest BCUT2D eigenvalue weighted by Gasteiger charge is 2.07. The van der Waals surface area contributed by atoms with Crippen molar-refractivity contribution in [2.45, 2.75) is 13.0 Å². The molecule has 0 radical (unpaired) electrons. The van der Waals surface area contributed by atoms with Gasteiger partial charge in [0.25, 0.3) is 0 Å². The number of aliphatic hydroxyl groups excluding tert-OH is 1. The highest BCUT2D eigenvalue weighted by atomic mass is 35.5. The first-order valence-corrected chi connectivity index (χ1v) is 3.58. The summed E-state index contributed by atoms with van der Waals surface area (Å²) in [7, 11) is 0. The van der Waals surface area contributed by atoms with Crippen LogP contribution in [0.1, 0.15) is 18.7 Å². The van der Waals surface area contributed by atoms with Crippen LogP contribution in [0.25, 0.3) is 0 Å². The maximum absolute atomic E-state index is 9.11. The number of hydrogen-bond acceptors (Lipinski definition) is 3. The Balaban J connectivity index is 3.09. The summed E-state index contributed by atoms with van der Waals surface area (Å²) in [4.78, 5) is 3.87. The molecule has 1 heterocycles. The quantitative estimate of drug-likeness (QED) is 0.673. The van der Waals surface area contributed by atoms with Gasteiger partial charge in [-0.1, -0.05) is 11.6 Å². The van der Waals surface area contributed by atoms with E-state index in [2.05, 4.69) is 4.98 Å². The monoisotopic (exact) mass is 172 g/mol. The lowest BCUT2D eigenvalue weighted by Crippen LogP contribution is -1.97. The molecule has 3 nitrogen and oxygen atoms in total. The summed E-state index contributed by atoms with van der Waals surface area (Å²) in [5.41, 5.74) is 6.36. The van der Waals surface area contributed by atoms with E-state index in [-0.39, 0.29) is 0 Å². The van der Waals surface area contributed by atoms with Crippen LogP contribution >= 0.6 is 11.6 Å². The van der Waals surface area contributed by atoms with Gasteiger partial charge in [-0.25, -0.2) is 0 Å². The molecule has 11 heavy (non-hydrogen) atoms. The summed E-state index contributed by atoms with van der Waals surface area (Å²) in [5.74, 6) is 0. The van der Waals surface area contributed by atoms with Crippen LogP contribution in [0.15, 0.2) is 12.3 Å². The highest BCUT2D eigenvalue weighted by molar-refractivity contribution is 6.31. The Morgan fingerprint density at radius 3 is 2.82 bits per heavy atom. The number of aliphatic hydroxyl groups is 1. The van der Waals surface area contributed by atoms with Crippen LogP contribution < -0.4 is 5.73 Å². The number of nitrogens with two attached hydrogens (primary N) is 1. The zero-order valence-corrected chi connectivity index (χ0v) is 6.84. The van der Waals surface area contributed by atoms with Gasteiger partial charge in [0.1, 0.15) is 0 Å². The van der Waals surface area contributed by atoms with Gasteiger partial charge >= 0.3 is 0 Å². The molecule has 0 bridgehead atoms. The molecular formula is C7H9ClN2O. The lowest BCUT2D eigenvalue weighted by molar-refractivity contribution is 0.194. The number of pyridine rings is 1. The van der Waals surface area contributed by atoms with Gasteiger partial charge in [-0.2, -0.15) is 0 Å². The second-order valence-electron chi connectivity index (χ2n) is 2.31. The van der Waals surface area contributed by atoms with Crippen LogP contribution in [-0.2, 0) is 0 Å². The van der Waals surface area contributed by atoms with Crippen molar-refractivity contribution in [3.8, 4) is 0 Å². The van der Waals surface area contributed by atoms with E-state index < -0.39 is 6.10 Å². The number of hydrogen-bond donors (Lipinski definition) is 2. The lowest BCUT2D eigenvalue weighted by atomic mass is 10.2. The van der Waals surface area contributed by atoms with E-state index in [0.717, 1.165) is 0 Å². The number of aromatic nitrogens is 1. The van der Waals surface area contributed by atoms with Gasteiger partial charge in [0.2, 0.25) is 0 Å². The molecule has 1 atom stereocenters. The molecule has 0 amide bonds. The third-order valence-electron chi connectivity index (χ3n) is 1.29. The van der Waals surface area contributed by atoms with Gasteiger partial charge in [0.15, 0.2) is 0 Å². The van der Waals surface area contributed by atoms with E-state index >= 15 is 0 Å². The van der Waals surface area contributed by atoms with Crippen molar-refractivity contribution in [3.63, 3.8) is 0 Å². The molecule has 0 aromatic carbocycles. The van der Waals surface area contributed by atoms with Crippen molar-refractivity contribution in [3.05, 3.63) is 23.0 Å².